The van der Waals surface area contributed by atoms with Crippen LogP contribution >= 0.6 is 15.9 Å². The Kier molecular flexibility index (Phi) is 8.93. The van der Waals surface area contributed by atoms with Crippen LogP contribution in [-0.2, 0) is 13.0 Å². The van der Waals surface area contributed by atoms with Gasteiger partial charge in [-0.1, -0.05) is 82.2 Å². The molecular weight excluding hydrogens is 442 g/mol. The predicted molar refractivity (Wildman–Crippen MR) is 126 cm³/mol. The maximum atomic E-state index is 6.13. The summed E-state index contributed by atoms with van der Waals surface area (Å²) in [6.45, 7) is 3.61. The number of halogens is 1. The van der Waals surface area contributed by atoms with Crippen LogP contribution in [0.15, 0.2) is 35.1 Å². The second kappa shape index (κ2) is 11.9. The number of aromatic nitrogens is 4. The van der Waals surface area contributed by atoms with Crippen LogP contribution in [0.2, 0.25) is 0 Å². The summed E-state index contributed by atoms with van der Waals surface area (Å²) in [5.74, 6) is 0.352. The fourth-order valence-corrected chi connectivity index (χ4v) is 4.07. The van der Waals surface area contributed by atoms with Crippen LogP contribution in [0, 0.1) is 0 Å². The fraction of sp³-hybridized carbons (Fsp3) is 0.522. The molecule has 30 heavy (non-hydrogen) atoms. The number of imidazole rings is 1. The molecule has 0 amide bonds. The summed E-state index contributed by atoms with van der Waals surface area (Å²) < 4.78 is 8.60. The summed E-state index contributed by atoms with van der Waals surface area (Å²) in [7, 11) is 0. The molecule has 2 N–H and O–H groups in total. The molecule has 0 aliphatic rings. The van der Waals surface area contributed by atoms with Gasteiger partial charge in [-0.3, -0.25) is 0 Å². The highest BCUT2D eigenvalue weighted by atomic mass is 79.9. The zero-order chi connectivity index (χ0) is 21.2. The van der Waals surface area contributed by atoms with Gasteiger partial charge in [-0.2, -0.15) is 9.97 Å². The summed E-state index contributed by atoms with van der Waals surface area (Å²) in [6.07, 6.45) is 11.0. The van der Waals surface area contributed by atoms with E-state index < -0.39 is 0 Å². The highest BCUT2D eigenvalue weighted by molar-refractivity contribution is 9.10. The van der Waals surface area contributed by atoms with Crippen LogP contribution in [0.5, 0.6) is 6.01 Å². The summed E-state index contributed by atoms with van der Waals surface area (Å²) in [6, 6.07) is 10.5. The van der Waals surface area contributed by atoms with Gasteiger partial charge in [0.25, 0.3) is 0 Å². The second-order valence-corrected chi connectivity index (χ2v) is 8.36. The minimum Gasteiger partial charge on any atom is -0.463 e. The van der Waals surface area contributed by atoms with E-state index in [-0.39, 0.29) is 0 Å². The van der Waals surface area contributed by atoms with E-state index in [1.54, 1.807) is 0 Å². The van der Waals surface area contributed by atoms with Gasteiger partial charge in [0.05, 0.1) is 6.61 Å². The Balaban J connectivity index is 1.56. The first-order chi connectivity index (χ1) is 14.7. The average molecular weight is 474 g/mol. The number of ether oxygens (including phenoxy) is 1. The van der Waals surface area contributed by atoms with Crippen molar-refractivity contribution in [1.82, 2.24) is 19.5 Å². The molecule has 0 saturated heterocycles. The number of nitrogens with two attached hydrogens (primary N) is 1. The number of nitrogen functional groups attached to an aromatic ring is 1. The van der Waals surface area contributed by atoms with E-state index >= 15 is 0 Å². The Labute approximate surface area is 187 Å². The molecule has 7 heteroatoms. The van der Waals surface area contributed by atoms with Gasteiger partial charge >= 0.3 is 6.01 Å². The molecule has 0 fully saturated rings. The number of aryl methyl sites for hydroxylation is 1. The Morgan fingerprint density at radius 3 is 2.37 bits per heavy atom. The summed E-state index contributed by atoms with van der Waals surface area (Å²) in [4.78, 5) is 13.4. The van der Waals surface area contributed by atoms with Gasteiger partial charge in [-0.25, -0.2) is 4.98 Å². The number of unbranched alkanes of at least 4 members (excludes halogenated alkanes) is 7. The van der Waals surface area contributed by atoms with Crippen molar-refractivity contribution in [2.24, 2.45) is 0 Å². The first kappa shape index (κ1) is 22.5. The van der Waals surface area contributed by atoms with Gasteiger partial charge < -0.3 is 15.0 Å². The molecule has 0 spiro atoms. The largest absolute Gasteiger partial charge is 0.463 e. The molecule has 0 radical (unpaired) electrons. The molecule has 0 saturated carbocycles. The van der Waals surface area contributed by atoms with Crippen LogP contribution in [0.4, 0.5) is 5.82 Å². The van der Waals surface area contributed by atoms with E-state index in [9.17, 15) is 0 Å². The lowest BCUT2D eigenvalue weighted by Crippen LogP contribution is -2.07. The minimum absolute atomic E-state index is 0.306. The normalized spacial score (nSPS) is 11.3. The van der Waals surface area contributed by atoms with Gasteiger partial charge in [-0.15, -0.1) is 0 Å². The van der Waals surface area contributed by atoms with Gasteiger partial charge in [-0.05, 0) is 27.9 Å². The molecule has 0 atom stereocenters. The van der Waals surface area contributed by atoms with Crippen LogP contribution in [0.3, 0.4) is 0 Å². The number of benzene rings is 1. The lowest BCUT2D eigenvalue weighted by molar-refractivity contribution is 0.297. The van der Waals surface area contributed by atoms with Crippen molar-refractivity contribution in [3.63, 3.8) is 0 Å². The quantitative estimate of drug-likeness (QED) is 0.245. The predicted octanol–water partition coefficient (Wildman–Crippen LogP) is 5.93. The molecule has 162 valence electrons. The molecule has 6 nitrogen and oxygen atoms in total. The van der Waals surface area contributed by atoms with Crippen molar-refractivity contribution in [2.45, 2.75) is 71.3 Å². The standard InChI is InChI=1S/C23H32BrN5O/c1-2-3-4-5-6-7-8-12-16-29-21-19(26-22(29)24)20(25)27-23(28-21)30-17-15-18-13-10-9-11-14-18/h9-11,13-14H,2-8,12,15-17H2,1H3,(H2,25,27,28). The second-order valence-electron chi connectivity index (χ2n) is 7.66. The van der Waals surface area contributed by atoms with Crippen molar-refractivity contribution in [3.05, 3.63) is 40.6 Å². The maximum absolute atomic E-state index is 6.13. The van der Waals surface area contributed by atoms with Gasteiger partial charge in [0.2, 0.25) is 0 Å². The molecule has 0 unspecified atom stereocenters. The zero-order valence-corrected chi connectivity index (χ0v) is 19.4. The third kappa shape index (κ3) is 6.42. The highest BCUT2D eigenvalue weighted by Gasteiger charge is 2.15. The van der Waals surface area contributed by atoms with E-state index in [0.29, 0.717) is 24.0 Å². The van der Waals surface area contributed by atoms with E-state index in [1.807, 2.05) is 18.2 Å². The van der Waals surface area contributed by atoms with Crippen LogP contribution < -0.4 is 10.5 Å². The number of hydrogen-bond donors (Lipinski definition) is 1. The van der Waals surface area contributed by atoms with Crippen molar-refractivity contribution in [1.29, 1.82) is 0 Å². The SMILES string of the molecule is CCCCCCCCCCn1c(Br)nc2c(N)nc(OCCc3ccccc3)nc21. The number of anilines is 1. The first-order valence-corrected chi connectivity index (χ1v) is 11.8. The van der Waals surface area contributed by atoms with Crippen LogP contribution in [-0.4, -0.2) is 26.1 Å². The number of rotatable bonds is 13. The average Bonchev–Trinajstić information content (AvgIpc) is 3.07. The van der Waals surface area contributed by atoms with Crippen molar-refractivity contribution >= 4 is 32.9 Å². The monoisotopic (exact) mass is 473 g/mol. The molecule has 0 bridgehead atoms. The van der Waals surface area contributed by atoms with Gasteiger partial charge in [0.15, 0.2) is 21.7 Å². The number of nitrogens with zero attached hydrogens (tertiary/aromatic N) is 4. The maximum Gasteiger partial charge on any atom is 0.320 e. The summed E-state index contributed by atoms with van der Waals surface area (Å²) >= 11 is 3.55. The van der Waals surface area contributed by atoms with Gasteiger partial charge in [0, 0.05) is 13.0 Å². The van der Waals surface area contributed by atoms with Crippen molar-refractivity contribution in [3.8, 4) is 6.01 Å². The van der Waals surface area contributed by atoms with E-state index in [1.165, 1.54) is 50.5 Å². The summed E-state index contributed by atoms with van der Waals surface area (Å²) in [5.41, 5.74) is 8.70. The van der Waals surface area contributed by atoms with E-state index in [0.717, 1.165) is 29.8 Å². The number of hydrogen-bond acceptors (Lipinski definition) is 5. The molecule has 2 aromatic heterocycles. The topological polar surface area (TPSA) is 78.9 Å². The molecule has 0 aliphatic carbocycles. The Morgan fingerprint density at radius 1 is 0.933 bits per heavy atom. The van der Waals surface area contributed by atoms with Crippen LogP contribution in [0.25, 0.3) is 11.2 Å². The smallest absolute Gasteiger partial charge is 0.320 e. The molecule has 0 aliphatic heterocycles. The first-order valence-electron chi connectivity index (χ1n) is 11.0. The molecule has 3 aromatic rings. The fourth-order valence-electron chi connectivity index (χ4n) is 3.55. The van der Waals surface area contributed by atoms with Crippen LogP contribution in [0.1, 0.15) is 63.9 Å². The molecule has 1 aromatic carbocycles. The third-order valence-corrected chi connectivity index (χ3v) is 5.86. The Bertz CT molecular complexity index is 913. The lowest BCUT2D eigenvalue weighted by atomic mass is 10.1. The third-order valence-electron chi connectivity index (χ3n) is 5.25. The zero-order valence-electron chi connectivity index (χ0n) is 17.8. The molecular formula is C23H32BrN5O. The Hall–Kier alpha value is -2.15. The molecule has 2 heterocycles. The van der Waals surface area contributed by atoms with Crippen molar-refractivity contribution < 1.29 is 4.74 Å². The lowest BCUT2D eigenvalue weighted by Gasteiger charge is -2.08. The van der Waals surface area contributed by atoms with Gasteiger partial charge in [0.1, 0.15) is 0 Å². The molecule has 3 rings (SSSR count). The highest BCUT2D eigenvalue weighted by Crippen LogP contribution is 2.25. The minimum atomic E-state index is 0.306. The number of fused-ring (bicyclic) bond motifs is 1. The summed E-state index contributed by atoms with van der Waals surface area (Å²) in [5, 5.41) is 0. The van der Waals surface area contributed by atoms with E-state index in [4.69, 9.17) is 10.5 Å². The van der Waals surface area contributed by atoms with E-state index in [2.05, 4.69) is 54.5 Å². The van der Waals surface area contributed by atoms with Crippen molar-refractivity contribution in [2.75, 3.05) is 12.3 Å². The Morgan fingerprint density at radius 2 is 1.63 bits per heavy atom.